The van der Waals surface area contributed by atoms with Crippen LogP contribution in [0.3, 0.4) is 0 Å². The molecule has 2 N–H and O–H groups in total. The van der Waals surface area contributed by atoms with Gasteiger partial charge in [0.15, 0.2) is 0 Å². The number of aryl methyl sites for hydroxylation is 1. The summed E-state index contributed by atoms with van der Waals surface area (Å²) in [7, 11) is -3.57. The van der Waals surface area contributed by atoms with Gasteiger partial charge in [-0.2, -0.15) is 0 Å². The number of hydrogen-bond acceptors (Lipinski definition) is 5. The van der Waals surface area contributed by atoms with Crippen molar-refractivity contribution < 1.29 is 23.1 Å². The van der Waals surface area contributed by atoms with Crippen molar-refractivity contribution in [2.45, 2.75) is 25.0 Å². The zero-order valence-corrected chi connectivity index (χ0v) is 12.0. The van der Waals surface area contributed by atoms with Gasteiger partial charge in [-0.25, -0.2) is 13.2 Å². The van der Waals surface area contributed by atoms with Crippen molar-refractivity contribution in [2.75, 3.05) is 17.9 Å². The summed E-state index contributed by atoms with van der Waals surface area (Å²) in [5.41, 5.74) is 0.807. The lowest BCUT2D eigenvalue weighted by Gasteiger charge is -2.22. The third-order valence-corrected chi connectivity index (χ3v) is 5.94. The van der Waals surface area contributed by atoms with Crippen LogP contribution in [0.2, 0.25) is 0 Å². The third-order valence-electron chi connectivity index (χ3n) is 3.02. The maximum absolute atomic E-state index is 12.2. The minimum Gasteiger partial charge on any atom is -0.477 e. The van der Waals surface area contributed by atoms with Crippen LogP contribution in [0.15, 0.2) is 5.38 Å². The van der Waals surface area contributed by atoms with Gasteiger partial charge in [-0.1, -0.05) is 0 Å². The quantitative estimate of drug-likeness (QED) is 0.882. The maximum Gasteiger partial charge on any atom is 0.348 e. The second kappa shape index (κ2) is 5.48. The van der Waals surface area contributed by atoms with Crippen LogP contribution in [0.25, 0.3) is 0 Å². The van der Waals surface area contributed by atoms with Gasteiger partial charge >= 0.3 is 5.97 Å². The van der Waals surface area contributed by atoms with Crippen LogP contribution in [0.1, 0.15) is 28.1 Å². The molecule has 1 saturated heterocycles. The molecular weight excluding hydrogens is 290 g/mol. The van der Waals surface area contributed by atoms with Crippen molar-refractivity contribution >= 4 is 33.0 Å². The highest BCUT2D eigenvalue weighted by Gasteiger charge is 2.29. The minimum absolute atomic E-state index is 0.0214. The first-order chi connectivity index (χ1) is 8.92. The molecule has 1 aromatic rings. The molecule has 2 rings (SSSR count). The molecule has 1 aliphatic heterocycles. The van der Waals surface area contributed by atoms with Crippen LogP contribution in [0, 0.1) is 6.92 Å². The Balaban J connectivity index is 2.24. The lowest BCUT2D eigenvalue weighted by Crippen LogP contribution is -2.33. The average Bonchev–Trinajstić information content (AvgIpc) is 2.72. The molecule has 0 bridgehead atoms. The number of carbonyl (C=O) groups is 1. The molecule has 0 radical (unpaired) electrons. The molecule has 0 atom stereocenters. The molecule has 0 amide bonds. The number of thiophene rings is 1. The lowest BCUT2D eigenvalue weighted by molar-refractivity contribution is 0.0703. The lowest BCUT2D eigenvalue weighted by atomic mass is 10.2. The Morgan fingerprint density at radius 2 is 2.11 bits per heavy atom. The maximum atomic E-state index is 12.2. The van der Waals surface area contributed by atoms with Crippen molar-refractivity contribution in [3.8, 4) is 0 Å². The first-order valence-corrected chi connectivity index (χ1v) is 8.25. The van der Waals surface area contributed by atoms with Crippen molar-refractivity contribution in [1.82, 2.24) is 0 Å². The highest BCUT2D eigenvalue weighted by atomic mass is 32.2. The number of anilines is 1. The van der Waals surface area contributed by atoms with Crippen molar-refractivity contribution in [1.29, 1.82) is 0 Å². The summed E-state index contributed by atoms with van der Waals surface area (Å²) in [5, 5.41) is 10.1. The molecule has 19 heavy (non-hydrogen) atoms. The topological polar surface area (TPSA) is 92.7 Å². The number of ether oxygens (including phenoxy) is 1. The molecule has 2 heterocycles. The summed E-state index contributed by atoms with van der Waals surface area (Å²) in [6.45, 7) is 2.52. The monoisotopic (exact) mass is 305 g/mol. The Morgan fingerprint density at radius 3 is 2.68 bits per heavy atom. The highest BCUT2D eigenvalue weighted by Crippen LogP contribution is 2.30. The summed E-state index contributed by atoms with van der Waals surface area (Å²) in [6.07, 6.45) is 0.863. The third kappa shape index (κ3) is 3.07. The van der Waals surface area contributed by atoms with E-state index in [9.17, 15) is 13.2 Å². The van der Waals surface area contributed by atoms with E-state index >= 15 is 0 Å². The van der Waals surface area contributed by atoms with E-state index in [0.717, 1.165) is 11.3 Å². The molecule has 1 fully saturated rings. The highest BCUT2D eigenvalue weighted by molar-refractivity contribution is 7.93. The zero-order valence-electron chi connectivity index (χ0n) is 10.4. The Labute approximate surface area is 115 Å². The number of nitrogens with one attached hydrogen (secondary N) is 1. The van der Waals surface area contributed by atoms with Gasteiger partial charge in [0.05, 0.1) is 10.9 Å². The molecule has 8 heteroatoms. The fourth-order valence-corrected chi connectivity index (χ4v) is 4.38. The van der Waals surface area contributed by atoms with Crippen LogP contribution in [0.4, 0.5) is 5.69 Å². The van der Waals surface area contributed by atoms with E-state index in [4.69, 9.17) is 9.84 Å². The van der Waals surface area contributed by atoms with Gasteiger partial charge in [-0.3, -0.25) is 4.72 Å². The molecule has 0 aliphatic carbocycles. The van der Waals surface area contributed by atoms with Crippen molar-refractivity contribution in [3.63, 3.8) is 0 Å². The Kier molecular flexibility index (Phi) is 4.12. The Hall–Kier alpha value is -1.12. The number of hydrogen-bond donors (Lipinski definition) is 2. The fourth-order valence-electron chi connectivity index (χ4n) is 1.94. The van der Waals surface area contributed by atoms with Gasteiger partial charge in [0.1, 0.15) is 4.88 Å². The largest absolute Gasteiger partial charge is 0.477 e. The van der Waals surface area contributed by atoms with Crippen LogP contribution in [-0.2, 0) is 14.8 Å². The van der Waals surface area contributed by atoms with E-state index in [2.05, 4.69) is 4.72 Å². The number of carboxylic acids is 1. The van der Waals surface area contributed by atoms with Gasteiger partial charge in [0, 0.05) is 13.2 Å². The summed E-state index contributed by atoms with van der Waals surface area (Å²) < 4.78 is 32.0. The summed E-state index contributed by atoms with van der Waals surface area (Å²) in [4.78, 5) is 11.1. The first-order valence-electron chi connectivity index (χ1n) is 5.82. The standard InChI is InChI=1S/C11H15NO5S2/c1-7-6-18-10(11(13)14)9(7)12-19(15,16)8-2-4-17-5-3-8/h6,8,12H,2-5H2,1H3,(H,13,14). The van der Waals surface area contributed by atoms with Crippen LogP contribution < -0.4 is 4.72 Å². The van der Waals surface area contributed by atoms with Crippen LogP contribution in [-0.4, -0.2) is 38.0 Å². The fraction of sp³-hybridized carbons (Fsp3) is 0.545. The molecule has 6 nitrogen and oxygen atoms in total. The first kappa shape index (κ1) is 14.3. The van der Waals surface area contributed by atoms with Gasteiger partial charge in [0.2, 0.25) is 10.0 Å². The molecule has 0 unspecified atom stereocenters. The Bertz CT molecular complexity index is 572. The van der Waals surface area contributed by atoms with Crippen LogP contribution in [0.5, 0.6) is 0 Å². The van der Waals surface area contributed by atoms with Gasteiger partial charge < -0.3 is 9.84 Å². The molecule has 106 valence electrons. The molecular formula is C11H15NO5S2. The van der Waals surface area contributed by atoms with E-state index in [1.807, 2.05) is 0 Å². The van der Waals surface area contributed by atoms with Gasteiger partial charge in [0.25, 0.3) is 0 Å². The van der Waals surface area contributed by atoms with Crippen LogP contribution >= 0.6 is 11.3 Å². The van der Waals surface area contributed by atoms with E-state index in [1.54, 1.807) is 12.3 Å². The van der Waals surface area contributed by atoms with E-state index < -0.39 is 21.2 Å². The Morgan fingerprint density at radius 1 is 1.47 bits per heavy atom. The van der Waals surface area contributed by atoms with Crippen molar-refractivity contribution in [2.24, 2.45) is 0 Å². The zero-order chi connectivity index (χ0) is 14.0. The summed E-state index contributed by atoms with van der Waals surface area (Å²) in [5.74, 6) is -1.12. The summed E-state index contributed by atoms with van der Waals surface area (Å²) >= 11 is 1.02. The molecule has 1 aromatic heterocycles. The number of aromatic carboxylic acids is 1. The second-order valence-electron chi connectivity index (χ2n) is 4.39. The van der Waals surface area contributed by atoms with Crippen molar-refractivity contribution in [3.05, 3.63) is 15.8 Å². The smallest absolute Gasteiger partial charge is 0.348 e. The van der Waals surface area contributed by atoms with E-state index in [0.29, 0.717) is 31.6 Å². The number of carboxylic acid groups (broad SMARTS) is 1. The molecule has 1 aliphatic rings. The van der Waals surface area contributed by atoms with E-state index in [-0.39, 0.29) is 10.6 Å². The number of rotatable bonds is 4. The summed E-state index contributed by atoms with van der Waals surface area (Å²) in [6, 6.07) is 0. The van der Waals surface area contributed by atoms with Gasteiger partial charge in [-0.15, -0.1) is 11.3 Å². The minimum atomic E-state index is -3.57. The average molecular weight is 305 g/mol. The van der Waals surface area contributed by atoms with E-state index in [1.165, 1.54) is 0 Å². The second-order valence-corrected chi connectivity index (χ2v) is 7.23. The van der Waals surface area contributed by atoms with Gasteiger partial charge in [-0.05, 0) is 30.7 Å². The molecule has 0 spiro atoms. The predicted octanol–water partition coefficient (Wildman–Crippen LogP) is 1.68. The predicted molar refractivity (Wildman–Crippen MR) is 72.4 cm³/mol. The SMILES string of the molecule is Cc1csc(C(=O)O)c1NS(=O)(=O)C1CCOCC1. The molecule has 0 saturated carbocycles. The normalized spacial score (nSPS) is 17.3. The molecule has 0 aromatic carbocycles. The number of sulfonamides is 1.